The van der Waals surface area contributed by atoms with Crippen molar-refractivity contribution in [3.63, 3.8) is 0 Å². The van der Waals surface area contributed by atoms with E-state index in [0.717, 1.165) is 6.07 Å². The highest BCUT2D eigenvalue weighted by Crippen LogP contribution is 2.35. The molecule has 1 saturated heterocycles. The zero-order valence-electron chi connectivity index (χ0n) is 16.8. The minimum absolute atomic E-state index is 0.0719. The second-order valence-electron chi connectivity index (χ2n) is 8.28. The summed E-state index contributed by atoms with van der Waals surface area (Å²) in [6, 6.07) is 2.91. The van der Waals surface area contributed by atoms with E-state index in [1.165, 1.54) is 28.9 Å². The summed E-state index contributed by atoms with van der Waals surface area (Å²) in [5.74, 6) is -2.59. The van der Waals surface area contributed by atoms with Gasteiger partial charge < -0.3 is 15.7 Å². The summed E-state index contributed by atoms with van der Waals surface area (Å²) in [4.78, 5) is 27.2. The van der Waals surface area contributed by atoms with E-state index >= 15 is 0 Å². The predicted octanol–water partition coefficient (Wildman–Crippen LogP) is 3.17. The van der Waals surface area contributed by atoms with Crippen LogP contribution in [0.2, 0.25) is 0 Å². The summed E-state index contributed by atoms with van der Waals surface area (Å²) in [7, 11) is 0. The number of halogens is 2. The molecule has 1 unspecified atom stereocenters. The SMILES string of the molecule is CC(=O)N1C[C@H](c2cccc(F)c2F)CC[C@@H](N(C(=O)O)C(C)(C)C)C1CN. The van der Waals surface area contributed by atoms with Crippen LogP contribution in [0.25, 0.3) is 0 Å². The number of hydrogen-bond acceptors (Lipinski definition) is 3. The normalized spacial score (nSPS) is 23.2. The lowest BCUT2D eigenvalue weighted by atomic mass is 9.91. The standard InChI is InChI=1S/C20H29F2N3O3/c1-12(26)24-11-13(14-6-5-7-15(21)18(14)22)8-9-16(17(24)10-23)25(19(27)28)20(2,3)4/h5-7,13,16-17H,8-11,23H2,1-4H3,(H,27,28)/t13-,16-,17?/m1/s1. The van der Waals surface area contributed by atoms with Crippen LogP contribution in [0.3, 0.4) is 0 Å². The minimum atomic E-state index is -1.10. The molecule has 0 spiro atoms. The quantitative estimate of drug-likeness (QED) is 0.820. The van der Waals surface area contributed by atoms with E-state index < -0.39 is 41.3 Å². The Kier molecular flexibility index (Phi) is 6.64. The molecule has 2 amide bonds. The predicted molar refractivity (Wildman–Crippen MR) is 102 cm³/mol. The molecule has 0 aromatic heterocycles. The summed E-state index contributed by atoms with van der Waals surface area (Å²) in [6.45, 7) is 6.95. The molecule has 1 aromatic rings. The van der Waals surface area contributed by atoms with Crippen LogP contribution in [-0.4, -0.2) is 57.6 Å². The van der Waals surface area contributed by atoms with Crippen LogP contribution in [0.1, 0.15) is 52.0 Å². The molecule has 1 fully saturated rings. The van der Waals surface area contributed by atoms with E-state index in [0.29, 0.717) is 12.8 Å². The van der Waals surface area contributed by atoms with Gasteiger partial charge >= 0.3 is 6.09 Å². The first-order valence-corrected chi connectivity index (χ1v) is 9.42. The summed E-state index contributed by atoms with van der Waals surface area (Å²) in [5, 5.41) is 9.83. The number of carboxylic acid groups (broad SMARTS) is 1. The highest BCUT2D eigenvalue weighted by atomic mass is 19.2. The summed E-state index contributed by atoms with van der Waals surface area (Å²) in [5.41, 5.74) is 5.45. The molecule has 3 N–H and O–H groups in total. The van der Waals surface area contributed by atoms with E-state index in [1.807, 2.05) is 0 Å². The van der Waals surface area contributed by atoms with E-state index in [4.69, 9.17) is 5.73 Å². The first kappa shape index (κ1) is 22.1. The Balaban J connectivity index is 2.50. The zero-order chi connectivity index (χ0) is 21.2. The molecule has 0 aliphatic carbocycles. The summed E-state index contributed by atoms with van der Waals surface area (Å²) >= 11 is 0. The van der Waals surface area contributed by atoms with Crippen LogP contribution in [0.5, 0.6) is 0 Å². The number of benzene rings is 1. The number of amides is 2. The number of nitrogens with zero attached hydrogens (tertiary/aromatic N) is 2. The van der Waals surface area contributed by atoms with Crippen LogP contribution >= 0.6 is 0 Å². The lowest BCUT2D eigenvalue weighted by molar-refractivity contribution is -0.132. The molecule has 2 rings (SSSR count). The maximum absolute atomic E-state index is 14.4. The number of hydrogen-bond donors (Lipinski definition) is 2. The average molecular weight is 397 g/mol. The van der Waals surface area contributed by atoms with E-state index in [-0.39, 0.29) is 24.6 Å². The molecule has 1 heterocycles. The number of likely N-dealkylation sites (tertiary alicyclic amines) is 1. The monoisotopic (exact) mass is 397 g/mol. The highest BCUT2D eigenvalue weighted by Gasteiger charge is 2.43. The number of rotatable bonds is 3. The number of carbonyl (C=O) groups is 2. The third-order valence-electron chi connectivity index (χ3n) is 5.40. The molecule has 0 saturated carbocycles. The fourth-order valence-electron chi connectivity index (χ4n) is 4.20. The summed E-state index contributed by atoms with van der Waals surface area (Å²) in [6.07, 6.45) is -0.309. The Morgan fingerprint density at radius 2 is 1.93 bits per heavy atom. The molecule has 156 valence electrons. The smallest absolute Gasteiger partial charge is 0.408 e. The topological polar surface area (TPSA) is 86.9 Å². The van der Waals surface area contributed by atoms with Gasteiger partial charge in [0.2, 0.25) is 5.91 Å². The fraction of sp³-hybridized carbons (Fsp3) is 0.600. The molecule has 3 atom stereocenters. The van der Waals surface area contributed by atoms with Crippen LogP contribution in [0.4, 0.5) is 13.6 Å². The fourth-order valence-corrected chi connectivity index (χ4v) is 4.20. The van der Waals surface area contributed by atoms with Crippen molar-refractivity contribution in [2.75, 3.05) is 13.1 Å². The Morgan fingerprint density at radius 3 is 2.43 bits per heavy atom. The van der Waals surface area contributed by atoms with Gasteiger partial charge in [-0.05, 0) is 45.2 Å². The molecular weight excluding hydrogens is 368 g/mol. The molecular formula is C20H29F2N3O3. The Hall–Kier alpha value is -2.22. The highest BCUT2D eigenvalue weighted by molar-refractivity contribution is 5.74. The first-order valence-electron chi connectivity index (χ1n) is 9.42. The molecule has 6 nitrogen and oxygen atoms in total. The molecule has 0 radical (unpaired) electrons. The molecule has 0 bridgehead atoms. The van der Waals surface area contributed by atoms with Crippen molar-refractivity contribution in [3.05, 3.63) is 35.4 Å². The van der Waals surface area contributed by atoms with E-state index in [2.05, 4.69) is 0 Å². The van der Waals surface area contributed by atoms with Gasteiger partial charge in [-0.2, -0.15) is 0 Å². The minimum Gasteiger partial charge on any atom is -0.465 e. The van der Waals surface area contributed by atoms with Gasteiger partial charge in [-0.15, -0.1) is 0 Å². The zero-order valence-corrected chi connectivity index (χ0v) is 16.8. The van der Waals surface area contributed by atoms with E-state index in [9.17, 15) is 23.5 Å². The summed E-state index contributed by atoms with van der Waals surface area (Å²) < 4.78 is 28.1. The van der Waals surface area contributed by atoms with Crippen molar-refractivity contribution in [3.8, 4) is 0 Å². The van der Waals surface area contributed by atoms with Crippen molar-refractivity contribution in [1.82, 2.24) is 9.80 Å². The maximum atomic E-state index is 14.4. The van der Waals surface area contributed by atoms with Crippen molar-refractivity contribution >= 4 is 12.0 Å². The van der Waals surface area contributed by atoms with Crippen molar-refractivity contribution in [1.29, 1.82) is 0 Å². The molecule has 28 heavy (non-hydrogen) atoms. The van der Waals surface area contributed by atoms with E-state index in [1.54, 1.807) is 20.8 Å². The largest absolute Gasteiger partial charge is 0.465 e. The van der Waals surface area contributed by atoms with Crippen LogP contribution in [0.15, 0.2) is 18.2 Å². The van der Waals surface area contributed by atoms with Crippen LogP contribution in [-0.2, 0) is 4.79 Å². The lowest BCUT2D eigenvalue weighted by Crippen LogP contribution is -2.61. The third-order valence-corrected chi connectivity index (χ3v) is 5.40. The van der Waals surface area contributed by atoms with Crippen molar-refractivity contribution in [2.45, 2.75) is 64.1 Å². The van der Waals surface area contributed by atoms with Crippen LogP contribution < -0.4 is 5.73 Å². The Morgan fingerprint density at radius 1 is 1.29 bits per heavy atom. The molecule has 1 aromatic carbocycles. The average Bonchev–Trinajstić information content (AvgIpc) is 2.75. The number of nitrogens with two attached hydrogens (primary N) is 1. The van der Waals surface area contributed by atoms with Gasteiger partial charge in [-0.25, -0.2) is 13.6 Å². The first-order chi connectivity index (χ1) is 13.0. The van der Waals surface area contributed by atoms with Gasteiger partial charge in [-0.3, -0.25) is 9.69 Å². The third kappa shape index (κ3) is 4.43. The van der Waals surface area contributed by atoms with Gasteiger partial charge in [0.25, 0.3) is 0 Å². The van der Waals surface area contributed by atoms with Gasteiger partial charge in [0, 0.05) is 31.5 Å². The Bertz CT molecular complexity index is 736. The maximum Gasteiger partial charge on any atom is 0.408 e. The lowest BCUT2D eigenvalue weighted by Gasteiger charge is -2.44. The van der Waals surface area contributed by atoms with Crippen LogP contribution in [0, 0.1) is 11.6 Å². The second-order valence-corrected chi connectivity index (χ2v) is 8.28. The van der Waals surface area contributed by atoms with Crippen molar-refractivity contribution < 1.29 is 23.5 Å². The molecule has 8 heteroatoms. The molecule has 1 aliphatic heterocycles. The molecule has 1 aliphatic rings. The van der Waals surface area contributed by atoms with Gasteiger partial charge in [0.1, 0.15) is 0 Å². The van der Waals surface area contributed by atoms with Crippen molar-refractivity contribution in [2.24, 2.45) is 5.73 Å². The second kappa shape index (κ2) is 8.43. The van der Waals surface area contributed by atoms with Gasteiger partial charge in [0.05, 0.1) is 12.1 Å². The van der Waals surface area contributed by atoms with Gasteiger partial charge in [0.15, 0.2) is 11.6 Å². The Labute approximate surface area is 164 Å². The number of carbonyl (C=O) groups excluding carboxylic acids is 1. The van der Waals surface area contributed by atoms with Gasteiger partial charge in [-0.1, -0.05) is 12.1 Å².